The normalized spacial score (nSPS) is 11.2. The molecule has 0 fully saturated rings. The number of rotatable bonds is 2. The van der Waals surface area contributed by atoms with Gasteiger partial charge in [-0.3, -0.25) is 0 Å². The third-order valence-electron chi connectivity index (χ3n) is 4.74. The van der Waals surface area contributed by atoms with E-state index in [1.807, 2.05) is 60.7 Å². The van der Waals surface area contributed by atoms with Gasteiger partial charge in [0.2, 0.25) is 0 Å². The number of nitrogens with one attached hydrogen (secondary N) is 1. The van der Waals surface area contributed by atoms with Crippen molar-refractivity contribution in [1.29, 1.82) is 0 Å². The van der Waals surface area contributed by atoms with Crippen LogP contribution in [-0.4, -0.2) is 15.1 Å². The van der Waals surface area contributed by atoms with Crippen molar-refractivity contribution < 1.29 is 5.11 Å². The molecule has 0 amide bonds. The van der Waals surface area contributed by atoms with E-state index < -0.39 is 0 Å². The summed E-state index contributed by atoms with van der Waals surface area (Å²) in [6.07, 6.45) is 0. The van der Waals surface area contributed by atoms with Crippen LogP contribution >= 0.6 is 0 Å². The summed E-state index contributed by atoms with van der Waals surface area (Å²) in [5.74, 6) is 0.146. The number of hydrogen-bond acceptors (Lipinski definition) is 2. The SMILES string of the molecule is Oc1[nH]c2cc(-c3ccccc3)ccc2c1-c1ccc2ccccc2n1. The molecule has 0 unspecified atom stereocenters. The predicted octanol–water partition coefficient (Wildman–Crippen LogP) is 5.76. The highest BCUT2D eigenvalue weighted by molar-refractivity contribution is 6.00. The molecule has 0 aliphatic heterocycles. The Morgan fingerprint density at radius 1 is 0.731 bits per heavy atom. The van der Waals surface area contributed by atoms with Crippen LogP contribution in [0.3, 0.4) is 0 Å². The van der Waals surface area contributed by atoms with Crippen molar-refractivity contribution in [1.82, 2.24) is 9.97 Å². The number of aromatic hydroxyl groups is 1. The minimum absolute atomic E-state index is 0.146. The van der Waals surface area contributed by atoms with Crippen LogP contribution in [0.25, 0.3) is 44.2 Å². The number of hydrogen-bond donors (Lipinski definition) is 2. The lowest BCUT2D eigenvalue weighted by Gasteiger charge is -2.04. The molecule has 3 heteroatoms. The molecular formula is C23H16N2O. The third-order valence-corrected chi connectivity index (χ3v) is 4.74. The lowest BCUT2D eigenvalue weighted by Crippen LogP contribution is -1.85. The number of aromatic nitrogens is 2. The van der Waals surface area contributed by atoms with E-state index in [2.05, 4.69) is 29.2 Å². The zero-order valence-corrected chi connectivity index (χ0v) is 14.0. The van der Waals surface area contributed by atoms with Gasteiger partial charge < -0.3 is 10.1 Å². The maximum Gasteiger partial charge on any atom is 0.199 e. The molecule has 0 bridgehead atoms. The molecule has 2 aromatic heterocycles. The van der Waals surface area contributed by atoms with Gasteiger partial charge in [0.25, 0.3) is 0 Å². The van der Waals surface area contributed by atoms with Gasteiger partial charge in [0.15, 0.2) is 5.88 Å². The maximum atomic E-state index is 10.5. The quantitative estimate of drug-likeness (QED) is 0.431. The standard InChI is InChI=1S/C23H16N2O/c26-23-22(20-13-11-16-8-4-5-9-19(16)24-20)18-12-10-17(14-21(18)25-23)15-6-2-1-3-7-15/h1-14,25-26H. The molecular weight excluding hydrogens is 320 g/mol. The van der Waals surface area contributed by atoms with E-state index in [0.29, 0.717) is 0 Å². The molecule has 124 valence electrons. The third kappa shape index (κ3) is 2.33. The van der Waals surface area contributed by atoms with Crippen LogP contribution in [-0.2, 0) is 0 Å². The average molecular weight is 336 g/mol. The van der Waals surface area contributed by atoms with Crippen LogP contribution in [0.15, 0.2) is 84.9 Å². The minimum atomic E-state index is 0.146. The fourth-order valence-corrected chi connectivity index (χ4v) is 3.46. The first-order valence-electron chi connectivity index (χ1n) is 8.56. The second-order valence-electron chi connectivity index (χ2n) is 6.36. The van der Waals surface area contributed by atoms with Gasteiger partial charge in [-0.1, -0.05) is 66.7 Å². The number of H-pyrrole nitrogens is 1. The van der Waals surface area contributed by atoms with Gasteiger partial charge in [0.05, 0.1) is 16.8 Å². The molecule has 0 atom stereocenters. The molecule has 0 aliphatic carbocycles. The molecule has 5 aromatic rings. The number of fused-ring (bicyclic) bond motifs is 2. The topological polar surface area (TPSA) is 48.9 Å². The average Bonchev–Trinajstić information content (AvgIpc) is 3.03. The molecule has 2 heterocycles. The molecule has 26 heavy (non-hydrogen) atoms. The van der Waals surface area contributed by atoms with E-state index in [-0.39, 0.29) is 5.88 Å². The summed E-state index contributed by atoms with van der Waals surface area (Å²) in [5.41, 5.74) is 5.57. The molecule has 3 aromatic carbocycles. The molecule has 5 rings (SSSR count). The maximum absolute atomic E-state index is 10.5. The summed E-state index contributed by atoms with van der Waals surface area (Å²) in [4.78, 5) is 7.83. The summed E-state index contributed by atoms with van der Waals surface area (Å²) in [6, 6.07) is 28.4. The van der Waals surface area contributed by atoms with E-state index in [4.69, 9.17) is 4.98 Å². The van der Waals surface area contributed by atoms with Gasteiger partial charge in [-0.2, -0.15) is 0 Å². The van der Waals surface area contributed by atoms with Crippen molar-refractivity contribution in [3.63, 3.8) is 0 Å². The Morgan fingerprint density at radius 2 is 1.54 bits per heavy atom. The van der Waals surface area contributed by atoms with Crippen molar-refractivity contribution >= 4 is 21.8 Å². The highest BCUT2D eigenvalue weighted by Crippen LogP contribution is 2.37. The van der Waals surface area contributed by atoms with Crippen LogP contribution in [0.5, 0.6) is 5.88 Å². The Kier molecular flexibility index (Phi) is 3.25. The second-order valence-corrected chi connectivity index (χ2v) is 6.36. The molecule has 0 radical (unpaired) electrons. The highest BCUT2D eigenvalue weighted by Gasteiger charge is 2.15. The number of aromatic amines is 1. The van der Waals surface area contributed by atoms with Crippen LogP contribution in [0.2, 0.25) is 0 Å². The molecule has 0 aliphatic rings. The lowest BCUT2D eigenvalue weighted by atomic mass is 10.0. The first-order valence-corrected chi connectivity index (χ1v) is 8.56. The van der Waals surface area contributed by atoms with Gasteiger partial charge >= 0.3 is 0 Å². The van der Waals surface area contributed by atoms with E-state index >= 15 is 0 Å². The minimum Gasteiger partial charge on any atom is -0.494 e. The first kappa shape index (κ1) is 14.7. The zero-order chi connectivity index (χ0) is 17.5. The van der Waals surface area contributed by atoms with Crippen molar-refractivity contribution in [3.8, 4) is 28.3 Å². The van der Waals surface area contributed by atoms with Crippen LogP contribution in [0.1, 0.15) is 0 Å². The van der Waals surface area contributed by atoms with E-state index in [1.54, 1.807) is 0 Å². The van der Waals surface area contributed by atoms with E-state index in [9.17, 15) is 5.11 Å². The van der Waals surface area contributed by atoms with Crippen molar-refractivity contribution in [2.24, 2.45) is 0 Å². The number of para-hydroxylation sites is 1. The summed E-state index contributed by atoms with van der Waals surface area (Å²) >= 11 is 0. The Bertz CT molecular complexity index is 1240. The Labute approximate surface area is 150 Å². The number of nitrogens with zero attached hydrogens (tertiary/aromatic N) is 1. The van der Waals surface area contributed by atoms with Gasteiger partial charge in [-0.25, -0.2) is 4.98 Å². The fourth-order valence-electron chi connectivity index (χ4n) is 3.46. The fraction of sp³-hybridized carbons (Fsp3) is 0. The van der Waals surface area contributed by atoms with Crippen molar-refractivity contribution in [2.75, 3.05) is 0 Å². The molecule has 2 N–H and O–H groups in total. The van der Waals surface area contributed by atoms with Crippen molar-refractivity contribution in [2.45, 2.75) is 0 Å². The first-order chi connectivity index (χ1) is 12.8. The van der Waals surface area contributed by atoms with Crippen LogP contribution < -0.4 is 0 Å². The summed E-state index contributed by atoms with van der Waals surface area (Å²) in [5, 5.41) is 12.6. The Hall–Kier alpha value is -3.59. The van der Waals surface area contributed by atoms with Gasteiger partial charge in [0.1, 0.15) is 0 Å². The largest absolute Gasteiger partial charge is 0.494 e. The Balaban J connectivity index is 1.69. The predicted molar refractivity (Wildman–Crippen MR) is 106 cm³/mol. The zero-order valence-electron chi connectivity index (χ0n) is 14.0. The lowest BCUT2D eigenvalue weighted by molar-refractivity contribution is 0.460. The van der Waals surface area contributed by atoms with E-state index in [0.717, 1.165) is 44.2 Å². The summed E-state index contributed by atoms with van der Waals surface area (Å²) in [7, 11) is 0. The van der Waals surface area contributed by atoms with Crippen LogP contribution in [0, 0.1) is 0 Å². The summed E-state index contributed by atoms with van der Waals surface area (Å²) in [6.45, 7) is 0. The molecule has 0 spiro atoms. The van der Waals surface area contributed by atoms with Gasteiger partial charge in [-0.05, 0) is 29.3 Å². The second kappa shape index (κ2) is 5.74. The molecule has 0 saturated heterocycles. The molecule has 0 saturated carbocycles. The highest BCUT2D eigenvalue weighted by atomic mass is 16.3. The van der Waals surface area contributed by atoms with Crippen molar-refractivity contribution in [3.05, 3.63) is 84.9 Å². The van der Waals surface area contributed by atoms with Gasteiger partial charge in [0, 0.05) is 16.3 Å². The monoisotopic (exact) mass is 336 g/mol. The van der Waals surface area contributed by atoms with Gasteiger partial charge in [-0.15, -0.1) is 0 Å². The Morgan fingerprint density at radius 3 is 2.42 bits per heavy atom. The number of benzene rings is 3. The summed E-state index contributed by atoms with van der Waals surface area (Å²) < 4.78 is 0. The van der Waals surface area contributed by atoms with E-state index in [1.165, 1.54) is 0 Å². The molecule has 3 nitrogen and oxygen atoms in total. The van der Waals surface area contributed by atoms with Crippen LogP contribution in [0.4, 0.5) is 0 Å². The number of pyridine rings is 1. The smallest absolute Gasteiger partial charge is 0.199 e.